The quantitative estimate of drug-likeness (QED) is 0.403. The molecular formula is C20H21N3O4S. The molecule has 0 radical (unpaired) electrons. The Hall–Kier alpha value is -3.00. The number of amides is 1. The zero-order chi connectivity index (χ0) is 20.1. The van der Waals surface area contributed by atoms with Crippen LogP contribution in [-0.4, -0.2) is 35.3 Å². The van der Waals surface area contributed by atoms with E-state index in [9.17, 15) is 9.59 Å². The molecule has 1 atom stereocenters. The first kappa shape index (κ1) is 19.8. The smallest absolute Gasteiger partial charge is 0.257 e. The number of carbonyl (C=O) groups excluding carboxylic acids is 1. The number of fused-ring (bicyclic) bond motifs is 1. The molecule has 0 aliphatic carbocycles. The first-order valence-electron chi connectivity index (χ1n) is 8.67. The summed E-state index contributed by atoms with van der Waals surface area (Å²) < 4.78 is 11.2. The maximum absolute atomic E-state index is 12.8. The Morgan fingerprint density at radius 1 is 1.32 bits per heavy atom. The van der Waals surface area contributed by atoms with Crippen molar-refractivity contribution in [3.8, 4) is 11.5 Å². The van der Waals surface area contributed by atoms with Gasteiger partial charge in [0, 0.05) is 23.7 Å². The van der Waals surface area contributed by atoms with E-state index in [2.05, 4.69) is 28.4 Å². The highest BCUT2D eigenvalue weighted by Gasteiger charge is 2.33. The highest BCUT2D eigenvalue weighted by molar-refractivity contribution is 7.99. The van der Waals surface area contributed by atoms with Crippen LogP contribution in [0.25, 0.3) is 0 Å². The first-order chi connectivity index (χ1) is 13.6. The molecule has 2 N–H and O–H groups in total. The van der Waals surface area contributed by atoms with Gasteiger partial charge >= 0.3 is 0 Å². The maximum Gasteiger partial charge on any atom is 0.257 e. The van der Waals surface area contributed by atoms with Gasteiger partial charge in [-0.05, 0) is 6.07 Å². The molecule has 28 heavy (non-hydrogen) atoms. The second-order valence-corrected chi connectivity index (χ2v) is 7.02. The predicted molar refractivity (Wildman–Crippen MR) is 110 cm³/mol. The Balaban J connectivity index is 2.13. The number of aromatic nitrogens is 2. The highest BCUT2D eigenvalue weighted by Crippen LogP contribution is 2.42. The van der Waals surface area contributed by atoms with Gasteiger partial charge in [-0.2, -0.15) is 0 Å². The summed E-state index contributed by atoms with van der Waals surface area (Å²) in [6, 6.07) is 5.40. The van der Waals surface area contributed by atoms with Crippen molar-refractivity contribution >= 4 is 23.5 Å². The third-order valence-electron chi connectivity index (χ3n) is 4.22. The number of H-pyrrole nitrogens is 1. The molecule has 8 heteroatoms. The lowest BCUT2D eigenvalue weighted by atomic mass is 9.86. The van der Waals surface area contributed by atoms with Crippen LogP contribution in [0, 0.1) is 0 Å². The Morgan fingerprint density at radius 3 is 2.86 bits per heavy atom. The van der Waals surface area contributed by atoms with Gasteiger partial charge in [0.05, 0.1) is 12.7 Å². The predicted octanol–water partition coefficient (Wildman–Crippen LogP) is 3.10. The van der Waals surface area contributed by atoms with Crippen molar-refractivity contribution in [3.63, 3.8) is 0 Å². The number of anilines is 1. The minimum Gasteiger partial charge on any atom is -0.493 e. The molecule has 1 aliphatic heterocycles. The SMILES string of the molecule is C=CCOc1c(OC)cccc1C1CC(=O)Nc2nc(SCC=C)[nH]c(=O)c21. The molecule has 0 saturated carbocycles. The Kier molecular flexibility index (Phi) is 6.20. The van der Waals surface area contributed by atoms with Gasteiger partial charge in [-0.25, -0.2) is 4.98 Å². The maximum atomic E-state index is 12.8. The molecule has 1 aromatic heterocycles. The van der Waals surface area contributed by atoms with Crippen molar-refractivity contribution in [1.82, 2.24) is 9.97 Å². The summed E-state index contributed by atoms with van der Waals surface area (Å²) in [5.41, 5.74) is 0.800. The normalized spacial score (nSPS) is 15.3. The van der Waals surface area contributed by atoms with Crippen molar-refractivity contribution in [2.24, 2.45) is 0 Å². The van der Waals surface area contributed by atoms with E-state index < -0.39 is 5.92 Å². The number of para-hydroxylation sites is 1. The fourth-order valence-electron chi connectivity index (χ4n) is 3.09. The molecule has 1 unspecified atom stereocenters. The first-order valence-corrected chi connectivity index (χ1v) is 9.66. The molecule has 0 spiro atoms. The van der Waals surface area contributed by atoms with Crippen LogP contribution in [0.1, 0.15) is 23.5 Å². The van der Waals surface area contributed by atoms with Gasteiger partial charge in [0.2, 0.25) is 5.91 Å². The number of nitrogens with one attached hydrogen (secondary N) is 2. The molecule has 0 bridgehead atoms. The number of aromatic amines is 1. The number of hydrogen-bond donors (Lipinski definition) is 2. The van der Waals surface area contributed by atoms with E-state index in [1.165, 1.54) is 11.8 Å². The number of benzene rings is 1. The fourth-order valence-corrected chi connectivity index (χ4v) is 3.68. The van der Waals surface area contributed by atoms with Gasteiger partial charge in [-0.15, -0.1) is 6.58 Å². The highest BCUT2D eigenvalue weighted by atomic mass is 32.2. The summed E-state index contributed by atoms with van der Waals surface area (Å²) in [6.45, 7) is 7.59. The average Bonchev–Trinajstić information content (AvgIpc) is 2.69. The van der Waals surface area contributed by atoms with Crippen LogP contribution in [0.4, 0.5) is 5.82 Å². The van der Waals surface area contributed by atoms with Crippen molar-refractivity contribution in [2.45, 2.75) is 17.5 Å². The molecule has 1 aliphatic rings. The largest absolute Gasteiger partial charge is 0.493 e. The number of thioether (sulfide) groups is 1. The molecule has 7 nitrogen and oxygen atoms in total. The van der Waals surface area contributed by atoms with Crippen molar-refractivity contribution in [3.05, 3.63) is 65.0 Å². The van der Waals surface area contributed by atoms with E-state index in [4.69, 9.17) is 9.47 Å². The van der Waals surface area contributed by atoms with E-state index in [1.807, 2.05) is 6.07 Å². The van der Waals surface area contributed by atoms with Gasteiger partial charge in [-0.3, -0.25) is 9.59 Å². The van der Waals surface area contributed by atoms with Crippen LogP contribution in [0.15, 0.2) is 53.5 Å². The molecule has 2 aromatic rings. The number of methoxy groups -OCH3 is 1. The van der Waals surface area contributed by atoms with E-state index >= 15 is 0 Å². The lowest BCUT2D eigenvalue weighted by Crippen LogP contribution is -2.31. The van der Waals surface area contributed by atoms with E-state index in [1.54, 1.807) is 31.4 Å². The molecular weight excluding hydrogens is 378 g/mol. The van der Waals surface area contributed by atoms with E-state index in [0.29, 0.717) is 33.5 Å². The number of hydrogen-bond acceptors (Lipinski definition) is 6. The van der Waals surface area contributed by atoms with E-state index in [0.717, 1.165) is 0 Å². The van der Waals surface area contributed by atoms with E-state index in [-0.39, 0.29) is 30.3 Å². The third-order valence-corrected chi connectivity index (χ3v) is 5.09. The molecule has 1 aromatic carbocycles. The van der Waals surface area contributed by atoms with Gasteiger partial charge in [0.15, 0.2) is 16.7 Å². The van der Waals surface area contributed by atoms with Crippen molar-refractivity contribution in [2.75, 3.05) is 24.8 Å². The third kappa shape index (κ3) is 3.96. The van der Waals surface area contributed by atoms with Gasteiger partial charge in [0.25, 0.3) is 5.56 Å². The number of rotatable bonds is 8. The standard InChI is InChI=1S/C20H21N3O4S/c1-4-9-27-17-12(7-6-8-14(17)26-3)13-11-15(24)21-18-16(13)19(25)23-20(22-18)28-10-5-2/h4-8,13H,1-2,9-11H2,3H3,(H2,21,22,23,24,25). The summed E-state index contributed by atoms with van der Waals surface area (Å²) in [6.07, 6.45) is 3.44. The fraction of sp³-hybridized carbons (Fsp3) is 0.250. The molecule has 2 heterocycles. The van der Waals surface area contributed by atoms with Crippen LogP contribution >= 0.6 is 11.8 Å². The summed E-state index contributed by atoms with van der Waals surface area (Å²) in [7, 11) is 1.54. The Labute approximate surface area is 166 Å². The van der Waals surface area contributed by atoms with Crippen molar-refractivity contribution < 1.29 is 14.3 Å². The average molecular weight is 399 g/mol. The summed E-state index contributed by atoms with van der Waals surface area (Å²) in [5, 5.41) is 3.14. The van der Waals surface area contributed by atoms with Crippen LogP contribution in [0.3, 0.4) is 0 Å². The molecule has 146 valence electrons. The minimum absolute atomic E-state index is 0.106. The molecule has 0 fully saturated rings. The number of carbonyl (C=O) groups is 1. The minimum atomic E-state index is -0.506. The Bertz CT molecular complexity index is 970. The lowest BCUT2D eigenvalue weighted by Gasteiger charge is -2.26. The number of ether oxygens (including phenoxy) is 2. The topological polar surface area (TPSA) is 93.3 Å². The zero-order valence-electron chi connectivity index (χ0n) is 15.5. The van der Waals surface area contributed by atoms with Gasteiger partial charge in [-0.1, -0.05) is 42.6 Å². The summed E-state index contributed by atoms with van der Waals surface area (Å²) in [5.74, 6) is 1.15. The summed E-state index contributed by atoms with van der Waals surface area (Å²) >= 11 is 1.33. The molecule has 0 saturated heterocycles. The van der Waals surface area contributed by atoms with Gasteiger partial charge in [0.1, 0.15) is 12.4 Å². The molecule has 1 amide bonds. The van der Waals surface area contributed by atoms with Gasteiger partial charge < -0.3 is 19.8 Å². The van der Waals surface area contributed by atoms with Crippen molar-refractivity contribution in [1.29, 1.82) is 0 Å². The lowest BCUT2D eigenvalue weighted by molar-refractivity contribution is -0.116. The van der Waals surface area contributed by atoms with Crippen LogP contribution in [0.2, 0.25) is 0 Å². The Morgan fingerprint density at radius 2 is 2.14 bits per heavy atom. The second kappa shape index (κ2) is 8.79. The monoisotopic (exact) mass is 399 g/mol. The summed E-state index contributed by atoms with van der Waals surface area (Å²) in [4.78, 5) is 32.4. The molecule has 3 rings (SSSR count). The van der Waals surface area contributed by atoms with Crippen LogP contribution < -0.4 is 20.3 Å². The van der Waals surface area contributed by atoms with Crippen LogP contribution in [-0.2, 0) is 4.79 Å². The second-order valence-electron chi connectivity index (χ2n) is 6.02. The van der Waals surface area contributed by atoms with Crippen LogP contribution in [0.5, 0.6) is 11.5 Å². The zero-order valence-corrected chi connectivity index (χ0v) is 16.3. The number of nitrogens with zero attached hydrogens (tertiary/aromatic N) is 1.